The number of benzene rings is 1. The lowest BCUT2D eigenvalue weighted by Gasteiger charge is -2.38. The Kier molecular flexibility index (Phi) is 3.90. The normalized spacial score (nSPS) is 29.1. The summed E-state index contributed by atoms with van der Waals surface area (Å²) in [5.74, 6) is 1.94. The van der Waals surface area contributed by atoms with E-state index in [-0.39, 0.29) is 16.5 Å². The first-order chi connectivity index (χ1) is 11.6. The monoisotopic (exact) mass is 329 g/mol. The number of piperazine rings is 1. The number of rotatable bonds is 3. The summed E-state index contributed by atoms with van der Waals surface area (Å²) < 4.78 is 0. The van der Waals surface area contributed by atoms with E-state index in [0.29, 0.717) is 43.7 Å². The average molecular weight is 329 g/mol. The van der Waals surface area contributed by atoms with Crippen LogP contribution < -0.4 is 4.90 Å². The van der Waals surface area contributed by atoms with Crippen molar-refractivity contribution in [3.05, 3.63) is 34.4 Å². The van der Waals surface area contributed by atoms with E-state index in [1.165, 1.54) is 19.3 Å². The van der Waals surface area contributed by atoms with Gasteiger partial charge in [-0.2, -0.15) is 0 Å². The number of amides is 1. The van der Waals surface area contributed by atoms with Crippen LogP contribution in [0.1, 0.15) is 25.7 Å². The van der Waals surface area contributed by atoms with Gasteiger partial charge in [0.2, 0.25) is 5.91 Å². The molecule has 1 amide bonds. The Labute approximate surface area is 141 Å². The molecule has 3 unspecified atom stereocenters. The van der Waals surface area contributed by atoms with Crippen LogP contribution in [0.15, 0.2) is 24.3 Å². The molecule has 1 aromatic carbocycles. The number of nitro groups is 1. The highest BCUT2D eigenvalue weighted by Crippen LogP contribution is 2.49. The third-order valence-electron chi connectivity index (χ3n) is 6.07. The molecule has 3 aliphatic rings. The largest absolute Gasteiger partial charge is 0.362 e. The molecule has 1 aromatic rings. The summed E-state index contributed by atoms with van der Waals surface area (Å²) in [6.07, 6.45) is 4.84. The van der Waals surface area contributed by atoms with Crippen molar-refractivity contribution < 1.29 is 9.72 Å². The first-order valence-corrected chi connectivity index (χ1v) is 8.90. The van der Waals surface area contributed by atoms with Crippen LogP contribution in [0.3, 0.4) is 0 Å². The van der Waals surface area contributed by atoms with Crippen molar-refractivity contribution in [2.24, 2.45) is 17.8 Å². The van der Waals surface area contributed by atoms with Gasteiger partial charge in [-0.05, 0) is 37.2 Å². The zero-order valence-corrected chi connectivity index (χ0v) is 13.8. The number of nitrogens with zero attached hydrogens (tertiary/aromatic N) is 3. The highest BCUT2D eigenvalue weighted by atomic mass is 16.6. The van der Waals surface area contributed by atoms with Gasteiger partial charge in [0.15, 0.2) is 0 Å². The fourth-order valence-corrected chi connectivity index (χ4v) is 4.84. The molecule has 0 aromatic heterocycles. The first kappa shape index (κ1) is 15.4. The number of fused-ring (bicyclic) bond motifs is 2. The zero-order valence-electron chi connectivity index (χ0n) is 13.8. The zero-order chi connectivity index (χ0) is 16.7. The minimum atomic E-state index is -0.331. The van der Waals surface area contributed by atoms with Crippen LogP contribution in [0.25, 0.3) is 0 Å². The Morgan fingerprint density at radius 1 is 1.08 bits per heavy atom. The summed E-state index contributed by atoms with van der Waals surface area (Å²) in [6.45, 7) is 2.66. The van der Waals surface area contributed by atoms with Gasteiger partial charge in [-0.3, -0.25) is 14.9 Å². The lowest BCUT2D eigenvalue weighted by molar-refractivity contribution is -0.384. The molecule has 2 saturated carbocycles. The minimum absolute atomic E-state index is 0.144. The lowest BCUT2D eigenvalue weighted by Crippen LogP contribution is -2.51. The van der Waals surface area contributed by atoms with Crippen LogP contribution in [0.5, 0.6) is 0 Å². The van der Waals surface area contributed by atoms with Gasteiger partial charge in [0.05, 0.1) is 4.92 Å². The van der Waals surface area contributed by atoms with Crippen molar-refractivity contribution in [2.45, 2.75) is 25.7 Å². The molecule has 3 fully saturated rings. The van der Waals surface area contributed by atoms with Gasteiger partial charge >= 0.3 is 0 Å². The van der Waals surface area contributed by atoms with Crippen molar-refractivity contribution in [1.82, 2.24) is 4.90 Å². The Morgan fingerprint density at radius 2 is 1.83 bits per heavy atom. The van der Waals surface area contributed by atoms with E-state index in [1.54, 1.807) is 18.2 Å². The van der Waals surface area contributed by atoms with Gasteiger partial charge in [0, 0.05) is 38.2 Å². The van der Waals surface area contributed by atoms with Crippen LogP contribution in [0.4, 0.5) is 11.4 Å². The summed E-state index contributed by atoms with van der Waals surface area (Å²) in [5.41, 5.74) is 0.805. The fourth-order valence-electron chi connectivity index (χ4n) is 4.84. The summed E-state index contributed by atoms with van der Waals surface area (Å²) >= 11 is 0. The second-order valence-corrected chi connectivity index (χ2v) is 7.34. The van der Waals surface area contributed by atoms with Crippen LogP contribution >= 0.6 is 0 Å². The Morgan fingerprint density at radius 3 is 2.46 bits per heavy atom. The smallest absolute Gasteiger partial charge is 0.292 e. The molecule has 1 heterocycles. The molecular weight excluding hydrogens is 306 g/mol. The first-order valence-electron chi connectivity index (χ1n) is 8.90. The van der Waals surface area contributed by atoms with E-state index < -0.39 is 0 Å². The predicted molar refractivity (Wildman–Crippen MR) is 90.8 cm³/mol. The highest BCUT2D eigenvalue weighted by Gasteiger charge is 2.44. The highest BCUT2D eigenvalue weighted by molar-refractivity contribution is 5.80. The van der Waals surface area contributed by atoms with E-state index in [2.05, 4.69) is 0 Å². The topological polar surface area (TPSA) is 66.7 Å². The number of hydrogen-bond donors (Lipinski definition) is 0. The molecule has 1 aliphatic heterocycles. The molecule has 6 heteroatoms. The lowest BCUT2D eigenvalue weighted by atomic mass is 9.87. The number of anilines is 1. The van der Waals surface area contributed by atoms with Crippen molar-refractivity contribution in [1.29, 1.82) is 0 Å². The van der Waals surface area contributed by atoms with Crippen molar-refractivity contribution in [3.8, 4) is 0 Å². The molecule has 0 radical (unpaired) electrons. The van der Waals surface area contributed by atoms with Gasteiger partial charge in [-0.15, -0.1) is 0 Å². The summed E-state index contributed by atoms with van der Waals surface area (Å²) in [5, 5.41) is 11.2. The van der Waals surface area contributed by atoms with Gasteiger partial charge in [0.25, 0.3) is 5.69 Å². The third kappa shape index (κ3) is 2.64. The SMILES string of the molecule is O=C(C1CC2CCC1C2)N1CCN(c2ccccc2[N+](=O)[O-])CC1. The minimum Gasteiger partial charge on any atom is -0.362 e. The van der Waals surface area contributed by atoms with Crippen LogP contribution in [0, 0.1) is 27.9 Å². The molecule has 128 valence electrons. The molecule has 6 nitrogen and oxygen atoms in total. The maximum Gasteiger partial charge on any atom is 0.292 e. The Hall–Kier alpha value is -2.11. The Bertz CT molecular complexity index is 655. The van der Waals surface area contributed by atoms with Gasteiger partial charge in [0.1, 0.15) is 5.69 Å². The molecule has 0 N–H and O–H groups in total. The molecular formula is C18H23N3O3. The van der Waals surface area contributed by atoms with Crippen LogP contribution in [-0.4, -0.2) is 41.9 Å². The number of para-hydroxylation sites is 2. The molecule has 3 atom stereocenters. The van der Waals surface area contributed by atoms with E-state index in [1.807, 2.05) is 15.9 Å². The van der Waals surface area contributed by atoms with E-state index in [9.17, 15) is 14.9 Å². The maximum absolute atomic E-state index is 12.8. The van der Waals surface area contributed by atoms with Gasteiger partial charge < -0.3 is 9.80 Å². The van der Waals surface area contributed by atoms with E-state index in [0.717, 1.165) is 12.3 Å². The molecule has 0 spiro atoms. The number of nitro benzene ring substituents is 1. The number of carbonyl (C=O) groups is 1. The molecule has 1 saturated heterocycles. The summed E-state index contributed by atoms with van der Waals surface area (Å²) in [6, 6.07) is 6.86. The fraction of sp³-hybridized carbons (Fsp3) is 0.611. The van der Waals surface area contributed by atoms with E-state index in [4.69, 9.17) is 0 Å². The van der Waals surface area contributed by atoms with Gasteiger partial charge in [-0.25, -0.2) is 0 Å². The van der Waals surface area contributed by atoms with E-state index >= 15 is 0 Å². The number of hydrogen-bond acceptors (Lipinski definition) is 4. The second kappa shape index (κ2) is 6.07. The van der Waals surface area contributed by atoms with Crippen LogP contribution in [0.2, 0.25) is 0 Å². The van der Waals surface area contributed by atoms with Gasteiger partial charge in [-0.1, -0.05) is 18.6 Å². The second-order valence-electron chi connectivity index (χ2n) is 7.34. The average Bonchev–Trinajstić information content (AvgIpc) is 3.24. The quantitative estimate of drug-likeness (QED) is 0.632. The molecule has 4 rings (SSSR count). The molecule has 2 bridgehead atoms. The maximum atomic E-state index is 12.8. The standard InChI is InChI=1S/C18H23N3O3/c22-18(15-12-13-5-6-14(15)11-13)20-9-7-19(8-10-20)16-3-1-2-4-17(16)21(23)24/h1-4,13-15H,5-12H2. The van der Waals surface area contributed by atoms with Crippen LogP contribution in [-0.2, 0) is 4.79 Å². The molecule has 2 aliphatic carbocycles. The summed E-state index contributed by atoms with van der Waals surface area (Å²) in [7, 11) is 0. The van der Waals surface area contributed by atoms with Crippen molar-refractivity contribution >= 4 is 17.3 Å². The predicted octanol–water partition coefficient (Wildman–Crippen LogP) is 2.68. The number of carbonyl (C=O) groups excluding carboxylic acids is 1. The third-order valence-corrected chi connectivity index (χ3v) is 6.07. The molecule has 24 heavy (non-hydrogen) atoms. The van der Waals surface area contributed by atoms with Crippen molar-refractivity contribution in [3.63, 3.8) is 0 Å². The Balaban J connectivity index is 1.40. The summed E-state index contributed by atoms with van der Waals surface area (Å²) in [4.78, 5) is 27.7. The van der Waals surface area contributed by atoms with Crippen molar-refractivity contribution in [2.75, 3.05) is 31.1 Å².